The molecule has 0 aromatic heterocycles. The van der Waals surface area contributed by atoms with E-state index >= 15 is 0 Å². The first-order valence-electron chi connectivity index (χ1n) is 30.7. The van der Waals surface area contributed by atoms with Crippen molar-refractivity contribution in [1.82, 2.24) is 0 Å². The van der Waals surface area contributed by atoms with Gasteiger partial charge in [0.25, 0.3) is 0 Å². The minimum atomic E-state index is -0.764. The summed E-state index contributed by atoms with van der Waals surface area (Å²) in [5, 5.41) is 0. The van der Waals surface area contributed by atoms with Gasteiger partial charge in [0.1, 0.15) is 13.2 Å². The number of ether oxygens (including phenoxy) is 3. The maximum Gasteiger partial charge on any atom is 0.306 e. The van der Waals surface area contributed by atoms with Crippen LogP contribution in [0, 0.1) is 0 Å². The van der Waals surface area contributed by atoms with Gasteiger partial charge >= 0.3 is 17.9 Å². The lowest BCUT2D eigenvalue weighted by Gasteiger charge is -2.18. The van der Waals surface area contributed by atoms with Gasteiger partial charge in [0.2, 0.25) is 0 Å². The summed E-state index contributed by atoms with van der Waals surface area (Å²) in [6.07, 6.45) is 66.8. The molecule has 0 bridgehead atoms. The van der Waals surface area contributed by atoms with Crippen molar-refractivity contribution in [3.8, 4) is 0 Å². The van der Waals surface area contributed by atoms with Crippen LogP contribution in [0.5, 0.6) is 0 Å². The van der Waals surface area contributed by atoms with Gasteiger partial charge in [-0.25, -0.2) is 0 Å². The smallest absolute Gasteiger partial charge is 0.306 e. The largest absolute Gasteiger partial charge is 0.462 e. The fraction of sp³-hybridized carbons (Fsp3) is 0.919. The Morgan fingerprint density at radius 1 is 0.279 bits per heavy atom. The first kappa shape index (κ1) is 66.2. The lowest BCUT2D eigenvalue weighted by molar-refractivity contribution is -0.167. The minimum absolute atomic E-state index is 0.0657. The van der Waals surface area contributed by atoms with Crippen LogP contribution >= 0.6 is 0 Å². The van der Waals surface area contributed by atoms with E-state index in [1.807, 2.05) is 0 Å². The van der Waals surface area contributed by atoms with Crippen molar-refractivity contribution >= 4 is 17.9 Å². The van der Waals surface area contributed by atoms with Gasteiger partial charge < -0.3 is 14.2 Å². The molecule has 0 heterocycles. The maximum absolute atomic E-state index is 12.8. The van der Waals surface area contributed by atoms with Crippen molar-refractivity contribution in [2.75, 3.05) is 13.2 Å². The Bertz CT molecular complexity index is 1060. The summed E-state index contributed by atoms with van der Waals surface area (Å²) in [4.78, 5) is 37.9. The van der Waals surface area contributed by atoms with E-state index < -0.39 is 6.10 Å². The molecule has 6 nitrogen and oxygen atoms in total. The van der Waals surface area contributed by atoms with Crippen molar-refractivity contribution < 1.29 is 28.6 Å². The quantitative estimate of drug-likeness (QED) is 0.0262. The van der Waals surface area contributed by atoms with E-state index in [0.29, 0.717) is 19.3 Å². The molecule has 6 heteroatoms. The summed E-state index contributed by atoms with van der Waals surface area (Å²) < 4.78 is 16.8. The summed E-state index contributed by atoms with van der Waals surface area (Å²) in [6.45, 7) is 6.64. The van der Waals surface area contributed by atoms with Crippen LogP contribution in [-0.2, 0) is 28.6 Å². The van der Waals surface area contributed by atoms with Gasteiger partial charge in [-0.15, -0.1) is 0 Å². The standard InChI is InChI=1S/C62H118O6/c1-4-7-10-13-16-18-20-22-24-26-28-29-30-31-32-33-35-36-38-40-42-44-46-49-52-55-61(64)67-58-59(57-66-60(63)54-51-48-15-12-9-6-3)68-62(65)56-53-50-47-45-43-41-39-37-34-27-25-23-21-19-17-14-11-8-5-2/h23,25,59H,4-22,24,26-58H2,1-3H3/b25-23-. The molecule has 0 aliphatic heterocycles. The van der Waals surface area contributed by atoms with E-state index in [0.717, 1.165) is 57.8 Å². The minimum Gasteiger partial charge on any atom is -0.462 e. The highest BCUT2D eigenvalue weighted by Crippen LogP contribution is 2.18. The Morgan fingerprint density at radius 3 is 0.735 bits per heavy atom. The van der Waals surface area contributed by atoms with E-state index in [9.17, 15) is 14.4 Å². The van der Waals surface area contributed by atoms with Crippen LogP contribution in [0.15, 0.2) is 12.2 Å². The molecular weight excluding hydrogens is 841 g/mol. The van der Waals surface area contributed by atoms with Gasteiger partial charge in [-0.1, -0.05) is 296 Å². The first-order valence-corrected chi connectivity index (χ1v) is 30.7. The molecule has 0 rings (SSSR count). The van der Waals surface area contributed by atoms with Crippen molar-refractivity contribution in [3.05, 3.63) is 12.2 Å². The third-order valence-electron chi connectivity index (χ3n) is 14.0. The molecule has 0 fully saturated rings. The molecular formula is C62H118O6. The Hall–Kier alpha value is -1.85. The fourth-order valence-corrected chi connectivity index (χ4v) is 9.38. The molecule has 402 valence electrons. The number of carbonyl (C=O) groups is 3. The summed E-state index contributed by atoms with van der Waals surface area (Å²) >= 11 is 0. The molecule has 1 unspecified atom stereocenters. The molecule has 0 radical (unpaired) electrons. The van der Waals surface area contributed by atoms with Crippen LogP contribution in [0.25, 0.3) is 0 Å². The molecule has 0 aromatic carbocycles. The fourth-order valence-electron chi connectivity index (χ4n) is 9.38. The average Bonchev–Trinajstić information content (AvgIpc) is 3.34. The molecule has 0 aliphatic carbocycles. The molecule has 0 saturated heterocycles. The number of esters is 3. The highest BCUT2D eigenvalue weighted by Gasteiger charge is 2.19. The van der Waals surface area contributed by atoms with Gasteiger partial charge in [-0.2, -0.15) is 0 Å². The normalized spacial score (nSPS) is 12.0. The Labute approximate surface area is 424 Å². The summed E-state index contributed by atoms with van der Waals surface area (Å²) in [5.41, 5.74) is 0. The van der Waals surface area contributed by atoms with Gasteiger partial charge in [0.05, 0.1) is 0 Å². The summed E-state index contributed by atoms with van der Waals surface area (Å²) in [5.74, 6) is -0.854. The van der Waals surface area contributed by atoms with Gasteiger partial charge in [0.15, 0.2) is 6.10 Å². The van der Waals surface area contributed by atoms with E-state index in [1.54, 1.807) is 0 Å². The van der Waals surface area contributed by atoms with Gasteiger partial charge in [-0.3, -0.25) is 14.4 Å². The third-order valence-corrected chi connectivity index (χ3v) is 14.0. The van der Waals surface area contributed by atoms with Crippen LogP contribution in [0.1, 0.15) is 348 Å². The molecule has 0 N–H and O–H groups in total. The molecule has 0 spiro atoms. The predicted octanol–water partition coefficient (Wildman–Crippen LogP) is 20.5. The second-order valence-electron chi connectivity index (χ2n) is 21.0. The molecule has 1 atom stereocenters. The monoisotopic (exact) mass is 959 g/mol. The van der Waals surface area contributed by atoms with Crippen molar-refractivity contribution in [2.24, 2.45) is 0 Å². The SMILES string of the molecule is CCCCCCCC/C=C\CCCCCCCCCCCC(=O)OC(COC(=O)CCCCCCCC)COC(=O)CCCCCCCCCCCCCCCCCCCCCCCCCCC. The highest BCUT2D eigenvalue weighted by atomic mass is 16.6. The average molecular weight is 960 g/mol. The van der Waals surface area contributed by atoms with Crippen molar-refractivity contribution in [3.63, 3.8) is 0 Å². The molecule has 0 aromatic rings. The number of carbonyl (C=O) groups excluding carboxylic acids is 3. The predicted molar refractivity (Wildman–Crippen MR) is 293 cm³/mol. The van der Waals surface area contributed by atoms with Gasteiger partial charge in [-0.05, 0) is 44.9 Å². The van der Waals surface area contributed by atoms with Crippen LogP contribution < -0.4 is 0 Å². The van der Waals surface area contributed by atoms with Crippen molar-refractivity contribution in [1.29, 1.82) is 0 Å². The number of unbranched alkanes of at least 4 members (excludes halogenated alkanes) is 44. The summed E-state index contributed by atoms with van der Waals surface area (Å²) in [7, 11) is 0. The lowest BCUT2D eigenvalue weighted by atomic mass is 10.0. The number of allylic oxidation sites excluding steroid dienone is 2. The second kappa shape index (κ2) is 57.7. The topological polar surface area (TPSA) is 78.9 Å². The van der Waals surface area contributed by atoms with E-state index in [1.165, 1.54) is 250 Å². The number of hydrogen-bond acceptors (Lipinski definition) is 6. The van der Waals surface area contributed by atoms with Crippen molar-refractivity contribution in [2.45, 2.75) is 354 Å². The highest BCUT2D eigenvalue weighted by molar-refractivity contribution is 5.71. The zero-order valence-corrected chi connectivity index (χ0v) is 46.2. The van der Waals surface area contributed by atoms with Crippen LogP contribution in [0.4, 0.5) is 0 Å². The third kappa shape index (κ3) is 55.1. The first-order chi connectivity index (χ1) is 33.5. The molecule has 68 heavy (non-hydrogen) atoms. The number of rotatable bonds is 57. The lowest BCUT2D eigenvalue weighted by Crippen LogP contribution is -2.30. The second-order valence-corrected chi connectivity index (χ2v) is 21.0. The zero-order chi connectivity index (χ0) is 49.3. The van der Waals surface area contributed by atoms with Crippen LogP contribution in [0.2, 0.25) is 0 Å². The zero-order valence-electron chi connectivity index (χ0n) is 46.2. The molecule has 0 amide bonds. The summed E-state index contributed by atoms with van der Waals surface area (Å²) in [6, 6.07) is 0. The van der Waals surface area contributed by atoms with E-state index in [2.05, 4.69) is 32.9 Å². The van der Waals surface area contributed by atoms with Crippen LogP contribution in [-0.4, -0.2) is 37.2 Å². The van der Waals surface area contributed by atoms with Gasteiger partial charge in [0, 0.05) is 19.3 Å². The maximum atomic E-state index is 12.8. The molecule has 0 aliphatic rings. The van der Waals surface area contributed by atoms with Crippen LogP contribution in [0.3, 0.4) is 0 Å². The Kier molecular flexibility index (Phi) is 56.2. The van der Waals surface area contributed by atoms with E-state index in [-0.39, 0.29) is 31.1 Å². The molecule has 0 saturated carbocycles. The number of hydrogen-bond donors (Lipinski definition) is 0. The Morgan fingerprint density at radius 2 is 0.485 bits per heavy atom. The Balaban J connectivity index is 4.03. The van der Waals surface area contributed by atoms with E-state index in [4.69, 9.17) is 14.2 Å².